The van der Waals surface area contributed by atoms with Crippen LogP contribution in [0.1, 0.15) is 19.8 Å². The predicted octanol–water partition coefficient (Wildman–Crippen LogP) is 1.84. The Kier molecular flexibility index (Phi) is 4.03. The van der Waals surface area contributed by atoms with Gasteiger partial charge in [0.1, 0.15) is 0 Å². The van der Waals surface area contributed by atoms with E-state index in [1.54, 1.807) is 0 Å². The molecule has 0 saturated carbocycles. The van der Waals surface area contributed by atoms with Gasteiger partial charge in [0.25, 0.3) is 0 Å². The lowest BCUT2D eigenvalue weighted by atomic mass is 9.83. The van der Waals surface area contributed by atoms with E-state index in [1.165, 1.54) is 6.92 Å². The molecule has 1 aromatic rings. The zero-order valence-electron chi connectivity index (χ0n) is 11.3. The van der Waals surface area contributed by atoms with Crippen LogP contribution in [0, 0.1) is 17.0 Å². The van der Waals surface area contributed by atoms with Gasteiger partial charge in [0.2, 0.25) is 10.0 Å². The molecule has 1 unspecified atom stereocenters. The molecule has 1 heterocycles. The standard InChI is InChI=1S/C13H15F2NO4S/c1-13(12(17)18)5-2-6-16(8-13)21(19,20)9-3-4-10(14)11(15)7-9/h3-4,7H,2,5-6,8H2,1H3,(H,17,18). The lowest BCUT2D eigenvalue weighted by molar-refractivity contribution is -0.150. The lowest BCUT2D eigenvalue weighted by Crippen LogP contribution is -2.48. The second-order valence-electron chi connectivity index (χ2n) is 5.38. The van der Waals surface area contributed by atoms with E-state index in [4.69, 9.17) is 0 Å². The number of hydrogen-bond acceptors (Lipinski definition) is 3. The van der Waals surface area contributed by atoms with Crippen LogP contribution in [-0.4, -0.2) is 36.9 Å². The smallest absolute Gasteiger partial charge is 0.310 e. The highest BCUT2D eigenvalue weighted by Gasteiger charge is 2.42. The molecule has 5 nitrogen and oxygen atoms in total. The van der Waals surface area contributed by atoms with E-state index in [1.807, 2.05) is 0 Å². The van der Waals surface area contributed by atoms with Crippen LogP contribution in [0.2, 0.25) is 0 Å². The van der Waals surface area contributed by atoms with Crippen LogP contribution < -0.4 is 0 Å². The molecule has 21 heavy (non-hydrogen) atoms. The van der Waals surface area contributed by atoms with Gasteiger partial charge in [-0.3, -0.25) is 4.79 Å². The van der Waals surface area contributed by atoms with Gasteiger partial charge in [-0.25, -0.2) is 17.2 Å². The molecule has 1 aliphatic heterocycles. The van der Waals surface area contributed by atoms with Crippen LogP contribution in [0.25, 0.3) is 0 Å². The summed E-state index contributed by atoms with van der Waals surface area (Å²) in [7, 11) is -4.04. The molecule has 0 bridgehead atoms. The van der Waals surface area contributed by atoms with Gasteiger partial charge in [-0.1, -0.05) is 0 Å². The molecule has 1 aliphatic rings. The van der Waals surface area contributed by atoms with Crippen molar-refractivity contribution >= 4 is 16.0 Å². The van der Waals surface area contributed by atoms with Crippen molar-refractivity contribution in [3.05, 3.63) is 29.8 Å². The number of sulfonamides is 1. The largest absolute Gasteiger partial charge is 0.481 e. The summed E-state index contributed by atoms with van der Waals surface area (Å²) in [6.07, 6.45) is 0.762. The molecular formula is C13H15F2NO4S. The van der Waals surface area contributed by atoms with Gasteiger partial charge in [0.05, 0.1) is 10.3 Å². The van der Waals surface area contributed by atoms with Crippen LogP contribution in [0.5, 0.6) is 0 Å². The van der Waals surface area contributed by atoms with Gasteiger partial charge in [-0.05, 0) is 38.0 Å². The summed E-state index contributed by atoms with van der Waals surface area (Å²) in [5.41, 5.74) is -1.18. The van der Waals surface area contributed by atoms with Crippen LogP contribution in [0.15, 0.2) is 23.1 Å². The SMILES string of the molecule is CC1(C(=O)O)CCCN(S(=O)(=O)c2ccc(F)c(F)c2)C1. The number of aliphatic carboxylic acids is 1. The second-order valence-corrected chi connectivity index (χ2v) is 7.32. The average Bonchev–Trinajstić information content (AvgIpc) is 2.41. The normalized spacial score (nSPS) is 24.0. The Morgan fingerprint density at radius 2 is 2.00 bits per heavy atom. The van der Waals surface area contributed by atoms with Crippen LogP contribution in [0.4, 0.5) is 8.78 Å². The van der Waals surface area contributed by atoms with E-state index in [0.29, 0.717) is 18.9 Å². The molecular weight excluding hydrogens is 304 g/mol. The molecule has 0 aromatic heterocycles. The molecule has 0 radical (unpaired) electrons. The first-order chi connectivity index (χ1) is 9.67. The van der Waals surface area contributed by atoms with Gasteiger partial charge >= 0.3 is 5.97 Å². The van der Waals surface area contributed by atoms with E-state index in [0.717, 1.165) is 16.4 Å². The van der Waals surface area contributed by atoms with E-state index < -0.39 is 33.0 Å². The highest BCUT2D eigenvalue weighted by atomic mass is 32.2. The van der Waals surface area contributed by atoms with Crippen molar-refractivity contribution in [1.29, 1.82) is 0 Å². The minimum absolute atomic E-state index is 0.157. The number of benzene rings is 1. The van der Waals surface area contributed by atoms with Crippen molar-refractivity contribution in [1.82, 2.24) is 4.31 Å². The Bertz CT molecular complexity index is 677. The second kappa shape index (κ2) is 5.34. The fraction of sp³-hybridized carbons (Fsp3) is 0.462. The zero-order chi connectivity index (χ0) is 15.8. The van der Waals surface area contributed by atoms with Crippen LogP contribution in [0.3, 0.4) is 0 Å². The van der Waals surface area contributed by atoms with Gasteiger partial charge in [0, 0.05) is 13.1 Å². The third kappa shape index (κ3) is 2.91. The topological polar surface area (TPSA) is 74.7 Å². The number of rotatable bonds is 3. The van der Waals surface area contributed by atoms with Crippen molar-refractivity contribution < 1.29 is 27.1 Å². The molecule has 0 spiro atoms. The van der Waals surface area contributed by atoms with Crippen molar-refractivity contribution in [2.75, 3.05) is 13.1 Å². The summed E-state index contributed by atoms with van der Waals surface area (Å²) in [6, 6.07) is 2.32. The molecule has 1 N–H and O–H groups in total. The molecule has 8 heteroatoms. The summed E-state index contributed by atoms with van der Waals surface area (Å²) >= 11 is 0. The molecule has 1 aromatic carbocycles. The Balaban J connectivity index is 2.35. The van der Waals surface area contributed by atoms with Gasteiger partial charge in [0.15, 0.2) is 11.6 Å². The third-order valence-corrected chi connectivity index (χ3v) is 5.55. The highest BCUT2D eigenvalue weighted by Crippen LogP contribution is 2.33. The van der Waals surface area contributed by atoms with E-state index in [-0.39, 0.29) is 18.0 Å². The first-order valence-corrected chi connectivity index (χ1v) is 7.79. The molecule has 0 amide bonds. The summed E-state index contributed by atoms with van der Waals surface area (Å²) in [6.45, 7) is 1.44. The number of halogens is 2. The van der Waals surface area contributed by atoms with E-state index >= 15 is 0 Å². The van der Waals surface area contributed by atoms with E-state index in [9.17, 15) is 27.1 Å². The van der Waals surface area contributed by atoms with Crippen molar-refractivity contribution in [3.8, 4) is 0 Å². The third-order valence-electron chi connectivity index (χ3n) is 3.71. The van der Waals surface area contributed by atoms with E-state index in [2.05, 4.69) is 0 Å². The summed E-state index contributed by atoms with van der Waals surface area (Å²) in [5, 5.41) is 9.20. The molecule has 2 rings (SSSR count). The number of carboxylic acid groups (broad SMARTS) is 1. The fourth-order valence-corrected chi connectivity index (χ4v) is 3.97. The van der Waals surface area contributed by atoms with Gasteiger partial charge in [-0.2, -0.15) is 4.31 Å². The summed E-state index contributed by atoms with van der Waals surface area (Å²) < 4.78 is 51.9. The lowest BCUT2D eigenvalue weighted by Gasteiger charge is -2.36. The molecule has 116 valence electrons. The zero-order valence-corrected chi connectivity index (χ0v) is 12.2. The maximum absolute atomic E-state index is 13.2. The molecule has 1 fully saturated rings. The quantitative estimate of drug-likeness (QED) is 0.922. The van der Waals surface area contributed by atoms with Crippen molar-refractivity contribution in [2.24, 2.45) is 5.41 Å². The fourth-order valence-electron chi connectivity index (χ4n) is 2.36. The maximum Gasteiger partial charge on any atom is 0.310 e. The summed E-state index contributed by atoms with van der Waals surface area (Å²) in [5.74, 6) is -3.47. The van der Waals surface area contributed by atoms with Crippen LogP contribution >= 0.6 is 0 Å². The number of piperidine rings is 1. The Morgan fingerprint density at radius 1 is 1.33 bits per heavy atom. The number of hydrogen-bond donors (Lipinski definition) is 1. The van der Waals surface area contributed by atoms with Gasteiger partial charge in [-0.15, -0.1) is 0 Å². The molecule has 0 aliphatic carbocycles. The van der Waals surface area contributed by atoms with Crippen molar-refractivity contribution in [3.63, 3.8) is 0 Å². The number of carboxylic acids is 1. The highest BCUT2D eigenvalue weighted by molar-refractivity contribution is 7.89. The van der Waals surface area contributed by atoms with Crippen molar-refractivity contribution in [2.45, 2.75) is 24.7 Å². The minimum atomic E-state index is -4.04. The molecule has 1 saturated heterocycles. The molecule has 1 atom stereocenters. The number of carbonyl (C=O) groups is 1. The summed E-state index contributed by atoms with van der Waals surface area (Å²) in [4.78, 5) is 10.9. The Morgan fingerprint density at radius 3 is 2.57 bits per heavy atom. The Hall–Kier alpha value is -1.54. The first-order valence-electron chi connectivity index (χ1n) is 6.35. The Labute approximate surface area is 121 Å². The average molecular weight is 319 g/mol. The predicted molar refractivity (Wildman–Crippen MR) is 70.1 cm³/mol. The van der Waals surface area contributed by atoms with Crippen LogP contribution in [-0.2, 0) is 14.8 Å². The monoisotopic (exact) mass is 319 g/mol. The number of nitrogens with zero attached hydrogens (tertiary/aromatic N) is 1. The minimum Gasteiger partial charge on any atom is -0.481 e. The maximum atomic E-state index is 13.2. The van der Waals surface area contributed by atoms with Gasteiger partial charge < -0.3 is 5.11 Å². The first kappa shape index (κ1) is 15.8.